The molecule has 3 unspecified atom stereocenters. The highest BCUT2D eigenvalue weighted by Crippen LogP contribution is 2.22. The fourth-order valence-electron chi connectivity index (χ4n) is 3.24. The van der Waals surface area contributed by atoms with E-state index >= 15 is 0 Å². The normalized spacial score (nSPS) is 22.4. The average Bonchev–Trinajstić information content (AvgIpc) is 2.55. The number of hydrogen-bond donors (Lipinski definition) is 2. The standard InChI is InChI=1S/C18H26N2O3/c1-3-14(15-7-5-4-6-8-15)10-19-18(23)20-11-13(2)9-16(12-20)17(21)22/h4-8,13-14,16H,3,9-12H2,1-2H3,(H,19,23)(H,21,22). The summed E-state index contributed by atoms with van der Waals surface area (Å²) < 4.78 is 0. The maximum atomic E-state index is 12.4. The first-order chi connectivity index (χ1) is 11.0. The van der Waals surface area contributed by atoms with Crippen LogP contribution in [0.25, 0.3) is 0 Å². The summed E-state index contributed by atoms with van der Waals surface area (Å²) in [6, 6.07) is 9.98. The molecule has 1 heterocycles. The number of nitrogens with zero attached hydrogens (tertiary/aromatic N) is 1. The fraction of sp³-hybridized carbons (Fsp3) is 0.556. The van der Waals surface area contributed by atoms with Gasteiger partial charge in [0, 0.05) is 25.6 Å². The van der Waals surface area contributed by atoms with Crippen molar-refractivity contribution in [1.82, 2.24) is 10.2 Å². The summed E-state index contributed by atoms with van der Waals surface area (Å²) >= 11 is 0. The Kier molecular flexibility index (Phi) is 6.02. The van der Waals surface area contributed by atoms with Gasteiger partial charge in [0.2, 0.25) is 0 Å². The molecule has 0 spiro atoms. The summed E-state index contributed by atoms with van der Waals surface area (Å²) in [5.74, 6) is -0.782. The summed E-state index contributed by atoms with van der Waals surface area (Å²) in [6.45, 7) is 5.59. The molecule has 1 aromatic rings. The van der Waals surface area contributed by atoms with Gasteiger partial charge in [-0.3, -0.25) is 4.79 Å². The number of aliphatic carboxylic acids is 1. The van der Waals surface area contributed by atoms with Crippen LogP contribution in [0.4, 0.5) is 4.79 Å². The third kappa shape index (κ3) is 4.71. The quantitative estimate of drug-likeness (QED) is 0.877. The van der Waals surface area contributed by atoms with Gasteiger partial charge in [-0.2, -0.15) is 0 Å². The zero-order chi connectivity index (χ0) is 16.8. The molecule has 0 aromatic heterocycles. The Morgan fingerprint density at radius 2 is 2.00 bits per heavy atom. The molecule has 23 heavy (non-hydrogen) atoms. The van der Waals surface area contributed by atoms with Gasteiger partial charge in [-0.05, 0) is 24.3 Å². The van der Waals surface area contributed by atoms with Crippen LogP contribution in [0, 0.1) is 11.8 Å². The summed E-state index contributed by atoms with van der Waals surface area (Å²) in [4.78, 5) is 25.2. The molecule has 1 aromatic carbocycles. The summed E-state index contributed by atoms with van der Waals surface area (Å²) in [7, 11) is 0. The van der Waals surface area contributed by atoms with E-state index in [1.165, 1.54) is 5.56 Å². The number of rotatable bonds is 5. The van der Waals surface area contributed by atoms with Crippen LogP contribution < -0.4 is 5.32 Å². The van der Waals surface area contributed by atoms with E-state index in [1.54, 1.807) is 4.90 Å². The van der Waals surface area contributed by atoms with Crippen LogP contribution in [-0.4, -0.2) is 41.6 Å². The summed E-state index contributed by atoms with van der Waals surface area (Å²) in [5, 5.41) is 12.2. The number of likely N-dealkylation sites (tertiary alicyclic amines) is 1. The van der Waals surface area contributed by atoms with Gasteiger partial charge in [-0.15, -0.1) is 0 Å². The number of nitrogens with one attached hydrogen (secondary N) is 1. The molecule has 2 amide bonds. The number of urea groups is 1. The minimum absolute atomic E-state index is 0.155. The van der Waals surface area contributed by atoms with Crippen molar-refractivity contribution < 1.29 is 14.7 Å². The summed E-state index contributed by atoms with van der Waals surface area (Å²) in [5.41, 5.74) is 1.21. The first-order valence-electron chi connectivity index (χ1n) is 8.31. The molecular formula is C18H26N2O3. The molecular weight excluding hydrogens is 292 g/mol. The van der Waals surface area contributed by atoms with Crippen LogP contribution in [0.1, 0.15) is 38.2 Å². The predicted octanol–water partition coefficient (Wildman–Crippen LogP) is 2.93. The first kappa shape index (κ1) is 17.3. The minimum atomic E-state index is -0.815. The highest BCUT2D eigenvalue weighted by Gasteiger charge is 2.31. The van der Waals surface area contributed by atoms with Gasteiger partial charge in [0.05, 0.1) is 5.92 Å². The van der Waals surface area contributed by atoms with Gasteiger partial charge < -0.3 is 15.3 Å². The van der Waals surface area contributed by atoms with Gasteiger partial charge >= 0.3 is 12.0 Å². The van der Waals surface area contributed by atoms with Crippen LogP contribution in [0.5, 0.6) is 0 Å². The number of carbonyl (C=O) groups excluding carboxylic acids is 1. The van der Waals surface area contributed by atoms with Gasteiger partial charge in [-0.1, -0.05) is 44.2 Å². The Balaban J connectivity index is 1.92. The number of benzene rings is 1. The van der Waals surface area contributed by atoms with Gasteiger partial charge in [0.1, 0.15) is 0 Å². The van der Waals surface area contributed by atoms with E-state index in [2.05, 4.69) is 24.4 Å². The van der Waals surface area contributed by atoms with E-state index in [4.69, 9.17) is 0 Å². The number of carbonyl (C=O) groups is 2. The molecule has 1 aliphatic heterocycles. The Labute approximate surface area is 137 Å². The second-order valence-electron chi connectivity index (χ2n) is 6.48. The van der Waals surface area contributed by atoms with Crippen LogP contribution in [0.15, 0.2) is 30.3 Å². The van der Waals surface area contributed by atoms with Gasteiger partial charge in [-0.25, -0.2) is 4.79 Å². The van der Waals surface area contributed by atoms with Crippen LogP contribution in [-0.2, 0) is 4.79 Å². The van der Waals surface area contributed by atoms with E-state index in [0.29, 0.717) is 26.1 Å². The molecule has 0 radical (unpaired) electrons. The second-order valence-corrected chi connectivity index (χ2v) is 6.48. The molecule has 2 rings (SSSR count). The number of hydrogen-bond acceptors (Lipinski definition) is 2. The minimum Gasteiger partial charge on any atom is -0.481 e. The fourth-order valence-corrected chi connectivity index (χ4v) is 3.24. The van der Waals surface area contributed by atoms with Crippen LogP contribution in [0.2, 0.25) is 0 Å². The SMILES string of the molecule is CCC(CNC(=O)N1CC(C)CC(C(=O)O)C1)c1ccccc1. The molecule has 1 fully saturated rings. The van der Waals surface area contributed by atoms with Crippen molar-refractivity contribution in [3.63, 3.8) is 0 Å². The van der Waals surface area contributed by atoms with E-state index in [1.807, 2.05) is 25.1 Å². The molecule has 0 bridgehead atoms. The summed E-state index contributed by atoms with van der Waals surface area (Å²) in [6.07, 6.45) is 1.58. The Hall–Kier alpha value is -2.04. The van der Waals surface area contributed by atoms with Crippen molar-refractivity contribution in [2.24, 2.45) is 11.8 Å². The van der Waals surface area contributed by atoms with Crippen LogP contribution in [0.3, 0.4) is 0 Å². The first-order valence-corrected chi connectivity index (χ1v) is 8.31. The smallest absolute Gasteiger partial charge is 0.317 e. The molecule has 1 saturated heterocycles. The second kappa shape index (κ2) is 7.99. The number of amides is 2. The third-order valence-corrected chi connectivity index (χ3v) is 4.56. The lowest BCUT2D eigenvalue weighted by Gasteiger charge is -2.35. The maximum Gasteiger partial charge on any atom is 0.317 e. The van der Waals surface area contributed by atoms with Crippen molar-refractivity contribution in [3.8, 4) is 0 Å². The van der Waals surface area contributed by atoms with Gasteiger partial charge in [0.25, 0.3) is 0 Å². The van der Waals surface area contributed by atoms with E-state index < -0.39 is 11.9 Å². The lowest BCUT2D eigenvalue weighted by Crippen LogP contribution is -2.50. The Morgan fingerprint density at radius 1 is 1.30 bits per heavy atom. The monoisotopic (exact) mass is 318 g/mol. The predicted molar refractivity (Wildman–Crippen MR) is 89.4 cm³/mol. The largest absolute Gasteiger partial charge is 0.481 e. The zero-order valence-corrected chi connectivity index (χ0v) is 13.9. The average molecular weight is 318 g/mol. The Bertz CT molecular complexity index is 532. The lowest BCUT2D eigenvalue weighted by atomic mass is 9.91. The van der Waals surface area contributed by atoms with Crippen molar-refractivity contribution in [2.45, 2.75) is 32.6 Å². The highest BCUT2D eigenvalue weighted by molar-refractivity contribution is 5.76. The molecule has 0 aliphatic carbocycles. The number of carboxylic acid groups (broad SMARTS) is 1. The molecule has 5 nitrogen and oxygen atoms in total. The van der Waals surface area contributed by atoms with Crippen molar-refractivity contribution >= 4 is 12.0 Å². The van der Waals surface area contributed by atoms with Crippen LogP contribution >= 0.6 is 0 Å². The zero-order valence-electron chi connectivity index (χ0n) is 13.9. The van der Waals surface area contributed by atoms with Crippen molar-refractivity contribution in [2.75, 3.05) is 19.6 Å². The molecule has 3 atom stereocenters. The van der Waals surface area contributed by atoms with Gasteiger partial charge in [0.15, 0.2) is 0 Å². The van der Waals surface area contributed by atoms with E-state index in [9.17, 15) is 14.7 Å². The molecule has 0 saturated carbocycles. The van der Waals surface area contributed by atoms with E-state index in [-0.39, 0.29) is 17.9 Å². The molecule has 126 valence electrons. The van der Waals surface area contributed by atoms with Crippen molar-refractivity contribution in [3.05, 3.63) is 35.9 Å². The maximum absolute atomic E-state index is 12.4. The van der Waals surface area contributed by atoms with Crippen molar-refractivity contribution in [1.29, 1.82) is 0 Å². The van der Waals surface area contributed by atoms with E-state index in [0.717, 1.165) is 6.42 Å². The highest BCUT2D eigenvalue weighted by atomic mass is 16.4. The molecule has 2 N–H and O–H groups in total. The topological polar surface area (TPSA) is 69.6 Å². The Morgan fingerprint density at radius 3 is 2.61 bits per heavy atom. The molecule has 1 aliphatic rings. The molecule has 5 heteroatoms. The number of piperidine rings is 1. The number of carboxylic acids is 1. The lowest BCUT2D eigenvalue weighted by molar-refractivity contribution is -0.143. The third-order valence-electron chi connectivity index (χ3n) is 4.56.